The number of methoxy groups -OCH3 is 1. The summed E-state index contributed by atoms with van der Waals surface area (Å²) in [5.41, 5.74) is 0.733. The van der Waals surface area contributed by atoms with Gasteiger partial charge in [0.05, 0.1) is 22.9 Å². The van der Waals surface area contributed by atoms with Crippen molar-refractivity contribution in [3.8, 4) is 29.7 Å². The molecule has 0 amide bonds. The summed E-state index contributed by atoms with van der Waals surface area (Å²) in [6.45, 7) is 0. The number of halogens is 2. The van der Waals surface area contributed by atoms with Crippen molar-refractivity contribution in [3.63, 3.8) is 0 Å². The molecule has 4 aromatic rings. The average Bonchev–Trinajstić information content (AvgIpc) is 2.74. The molecule has 7 nitrogen and oxygen atoms in total. The first-order valence-electron chi connectivity index (χ1n) is 8.65. The Hall–Kier alpha value is -3.81. The van der Waals surface area contributed by atoms with Gasteiger partial charge in [-0.3, -0.25) is 0 Å². The van der Waals surface area contributed by atoms with E-state index in [4.69, 9.17) is 21.0 Å². The van der Waals surface area contributed by atoms with E-state index in [-0.39, 0.29) is 11.6 Å². The van der Waals surface area contributed by atoms with Crippen LogP contribution in [-0.4, -0.2) is 25.5 Å². The molecule has 2 N–H and O–H groups in total. The number of primary sulfonamides is 1. The third-order valence-corrected chi connectivity index (χ3v) is 5.41. The Labute approximate surface area is 175 Å². The monoisotopic (exact) mass is 441 g/mol. The molecule has 0 saturated carbocycles. The van der Waals surface area contributed by atoms with Gasteiger partial charge in [0.2, 0.25) is 21.7 Å². The summed E-state index contributed by atoms with van der Waals surface area (Å²) in [5, 5.41) is 6.35. The number of pyridine rings is 2. The number of ether oxygens (including phenoxy) is 2. The summed E-state index contributed by atoms with van der Waals surface area (Å²) in [6.07, 6.45) is 6.94. The van der Waals surface area contributed by atoms with Crippen LogP contribution in [0.3, 0.4) is 0 Å². The lowest BCUT2D eigenvalue weighted by atomic mass is 10.1. The van der Waals surface area contributed by atoms with E-state index in [9.17, 15) is 17.2 Å². The minimum atomic E-state index is -4.31. The number of rotatable bonds is 4. The zero-order chi connectivity index (χ0) is 22.3. The number of terminal acetylenes is 1. The highest BCUT2D eigenvalue weighted by Gasteiger charge is 2.21. The fourth-order valence-electron chi connectivity index (χ4n) is 3.11. The average molecular weight is 441 g/mol. The first-order valence-corrected chi connectivity index (χ1v) is 10.2. The van der Waals surface area contributed by atoms with E-state index in [1.165, 1.54) is 13.3 Å². The molecule has 0 aliphatic rings. The van der Waals surface area contributed by atoms with E-state index in [1.807, 2.05) is 0 Å². The van der Waals surface area contributed by atoms with Crippen LogP contribution in [0.1, 0.15) is 5.69 Å². The van der Waals surface area contributed by atoms with Crippen LogP contribution < -0.4 is 14.6 Å². The Morgan fingerprint density at radius 2 is 1.81 bits per heavy atom. The Kier molecular flexibility index (Phi) is 4.93. The SMILES string of the molecule is C#Cc1nc2cc(OC)ccc2c2c(Oc3c(F)cc(S(N)(=O)=O)cc3F)nccc12. The molecular weight excluding hydrogens is 428 g/mol. The van der Waals surface area contributed by atoms with Gasteiger partial charge in [-0.15, -0.1) is 6.42 Å². The van der Waals surface area contributed by atoms with Crippen molar-refractivity contribution in [2.75, 3.05) is 7.11 Å². The number of nitrogens with zero attached hydrogens (tertiary/aromatic N) is 2. The minimum absolute atomic E-state index is 0.146. The van der Waals surface area contributed by atoms with Crippen LogP contribution >= 0.6 is 0 Å². The maximum atomic E-state index is 14.5. The number of sulfonamides is 1. The van der Waals surface area contributed by atoms with Crippen molar-refractivity contribution in [2.45, 2.75) is 4.90 Å². The molecule has 0 bridgehead atoms. The summed E-state index contributed by atoms with van der Waals surface area (Å²) in [7, 11) is -2.81. The fraction of sp³-hybridized carbons (Fsp3) is 0.0476. The van der Waals surface area contributed by atoms with E-state index in [0.717, 1.165) is 0 Å². The number of benzene rings is 2. The van der Waals surface area contributed by atoms with Crippen molar-refractivity contribution in [1.82, 2.24) is 9.97 Å². The van der Waals surface area contributed by atoms with Crippen molar-refractivity contribution in [1.29, 1.82) is 0 Å². The van der Waals surface area contributed by atoms with E-state index in [1.54, 1.807) is 24.3 Å². The zero-order valence-corrected chi connectivity index (χ0v) is 16.7. The highest BCUT2D eigenvalue weighted by atomic mass is 32.2. The lowest BCUT2D eigenvalue weighted by molar-refractivity contribution is 0.397. The zero-order valence-electron chi connectivity index (χ0n) is 15.9. The Bertz CT molecular complexity index is 1490. The maximum Gasteiger partial charge on any atom is 0.238 e. The number of hydrogen-bond acceptors (Lipinski definition) is 6. The summed E-state index contributed by atoms with van der Waals surface area (Å²) in [5.74, 6) is -0.508. The molecule has 4 rings (SSSR count). The van der Waals surface area contributed by atoms with Crippen molar-refractivity contribution in [3.05, 3.63) is 59.9 Å². The molecule has 0 spiro atoms. The largest absolute Gasteiger partial charge is 0.497 e. The van der Waals surface area contributed by atoms with E-state index >= 15 is 0 Å². The van der Waals surface area contributed by atoms with Gasteiger partial charge in [0.15, 0.2) is 11.6 Å². The molecule has 156 valence electrons. The van der Waals surface area contributed by atoms with Crippen LogP contribution in [0.25, 0.3) is 21.7 Å². The molecule has 31 heavy (non-hydrogen) atoms. The number of fused-ring (bicyclic) bond motifs is 3. The number of nitrogens with two attached hydrogens (primary N) is 1. The van der Waals surface area contributed by atoms with Gasteiger partial charge in [-0.2, -0.15) is 0 Å². The summed E-state index contributed by atoms with van der Waals surface area (Å²) >= 11 is 0. The second-order valence-corrected chi connectivity index (χ2v) is 7.95. The van der Waals surface area contributed by atoms with Crippen molar-refractivity contribution in [2.24, 2.45) is 5.14 Å². The highest BCUT2D eigenvalue weighted by molar-refractivity contribution is 7.89. The van der Waals surface area contributed by atoms with Gasteiger partial charge < -0.3 is 9.47 Å². The van der Waals surface area contributed by atoms with Crippen LogP contribution in [0.4, 0.5) is 8.78 Å². The predicted octanol–water partition coefficient (Wildman–Crippen LogP) is 3.49. The van der Waals surface area contributed by atoms with Crippen LogP contribution in [-0.2, 0) is 10.0 Å². The van der Waals surface area contributed by atoms with Crippen LogP contribution in [0.2, 0.25) is 0 Å². The van der Waals surface area contributed by atoms with E-state index in [2.05, 4.69) is 15.9 Å². The summed E-state index contributed by atoms with van der Waals surface area (Å²) in [6, 6.07) is 7.75. The third-order valence-electron chi connectivity index (χ3n) is 4.51. The summed E-state index contributed by atoms with van der Waals surface area (Å²) < 4.78 is 62.5. The fourth-order valence-corrected chi connectivity index (χ4v) is 3.64. The van der Waals surface area contributed by atoms with Gasteiger partial charge in [0.1, 0.15) is 11.4 Å². The quantitative estimate of drug-likeness (QED) is 0.384. The van der Waals surface area contributed by atoms with Crippen LogP contribution in [0.5, 0.6) is 17.4 Å². The first kappa shape index (κ1) is 20.5. The van der Waals surface area contributed by atoms with Gasteiger partial charge in [-0.25, -0.2) is 32.3 Å². The Balaban J connectivity index is 1.97. The molecule has 0 atom stereocenters. The topological polar surface area (TPSA) is 104 Å². The molecule has 0 aliphatic carbocycles. The van der Waals surface area contributed by atoms with Crippen LogP contribution in [0, 0.1) is 24.0 Å². The van der Waals surface area contributed by atoms with Gasteiger partial charge in [-0.05, 0) is 36.3 Å². The van der Waals surface area contributed by atoms with Gasteiger partial charge in [0, 0.05) is 23.0 Å². The summed E-state index contributed by atoms with van der Waals surface area (Å²) in [4.78, 5) is 7.80. The van der Waals surface area contributed by atoms with Gasteiger partial charge in [0.25, 0.3) is 0 Å². The molecule has 2 heterocycles. The first-order chi connectivity index (χ1) is 14.7. The number of hydrogen-bond donors (Lipinski definition) is 1. The second-order valence-electron chi connectivity index (χ2n) is 6.39. The molecule has 2 aromatic heterocycles. The Morgan fingerprint density at radius 3 is 2.42 bits per heavy atom. The highest BCUT2D eigenvalue weighted by Crippen LogP contribution is 2.37. The van der Waals surface area contributed by atoms with E-state index in [0.29, 0.717) is 39.6 Å². The third kappa shape index (κ3) is 3.61. The molecule has 0 radical (unpaired) electrons. The predicted molar refractivity (Wildman–Crippen MR) is 109 cm³/mol. The Morgan fingerprint density at radius 1 is 1.10 bits per heavy atom. The van der Waals surface area contributed by atoms with Gasteiger partial charge in [-0.1, -0.05) is 0 Å². The lowest BCUT2D eigenvalue weighted by Crippen LogP contribution is -2.13. The van der Waals surface area contributed by atoms with Crippen molar-refractivity contribution >= 4 is 31.7 Å². The standard InChI is InChI=1S/C21H13F2N3O4S/c1-3-17-14-6-7-25-21(19(14)13-5-4-11(29-2)8-18(13)26-17)30-20-15(22)9-12(10-16(20)23)31(24,27)28/h1,4-10H,2H3,(H2,24,27,28). The molecule has 0 aliphatic heterocycles. The molecular formula is C21H13F2N3O4S. The molecule has 2 aromatic carbocycles. The van der Waals surface area contributed by atoms with Gasteiger partial charge >= 0.3 is 0 Å². The van der Waals surface area contributed by atoms with Crippen LogP contribution in [0.15, 0.2) is 47.5 Å². The smallest absolute Gasteiger partial charge is 0.238 e. The lowest BCUT2D eigenvalue weighted by Gasteiger charge is -2.13. The molecule has 0 fully saturated rings. The van der Waals surface area contributed by atoms with Crippen molar-refractivity contribution < 1.29 is 26.7 Å². The number of aromatic nitrogens is 2. The molecule has 0 unspecified atom stereocenters. The normalized spacial score (nSPS) is 11.5. The van der Waals surface area contributed by atoms with E-state index < -0.39 is 32.3 Å². The molecule has 10 heteroatoms. The minimum Gasteiger partial charge on any atom is -0.497 e. The molecule has 0 saturated heterocycles. The maximum absolute atomic E-state index is 14.5. The second kappa shape index (κ2) is 7.46.